The molecule has 0 saturated heterocycles. The van der Waals surface area contributed by atoms with Gasteiger partial charge in [-0.1, -0.05) is 76.9 Å². The molecule has 0 heterocycles. The van der Waals surface area contributed by atoms with E-state index < -0.39 is 8.80 Å². The van der Waals surface area contributed by atoms with Crippen molar-refractivity contribution < 1.29 is 13.3 Å². The summed E-state index contributed by atoms with van der Waals surface area (Å²) < 4.78 is 16.3. The van der Waals surface area contributed by atoms with Crippen molar-refractivity contribution in [1.82, 2.24) is 5.32 Å². The van der Waals surface area contributed by atoms with Crippen molar-refractivity contribution in [2.75, 3.05) is 34.4 Å². The number of nitrogens with one attached hydrogen (secondary N) is 1. The molecule has 0 aliphatic heterocycles. The maximum Gasteiger partial charge on any atom is 0.500 e. The smallest absolute Gasteiger partial charge is 0.377 e. The Morgan fingerprint density at radius 3 is 1.55 bits per heavy atom. The lowest BCUT2D eigenvalue weighted by Crippen LogP contribution is -2.43. The topological polar surface area (TPSA) is 39.7 Å². The highest BCUT2D eigenvalue weighted by Gasteiger charge is 2.36. The molecule has 0 aliphatic carbocycles. The summed E-state index contributed by atoms with van der Waals surface area (Å²) in [4.78, 5) is 0. The SMILES string of the molecule is CCCCCCCCC=CCCCCCCCCNCCC[Si](OC)(OC)OC. The molecule has 0 bridgehead atoms. The van der Waals surface area contributed by atoms with Crippen LogP contribution < -0.4 is 5.32 Å². The average molecular weight is 430 g/mol. The molecule has 0 radical (unpaired) electrons. The van der Waals surface area contributed by atoms with Crippen molar-refractivity contribution >= 4 is 8.80 Å². The van der Waals surface area contributed by atoms with Gasteiger partial charge < -0.3 is 18.6 Å². The van der Waals surface area contributed by atoms with E-state index in [9.17, 15) is 0 Å². The molecular formula is C24H51NO3Si. The molecule has 0 spiro atoms. The minimum Gasteiger partial charge on any atom is -0.377 e. The molecule has 174 valence electrons. The van der Waals surface area contributed by atoms with Crippen molar-refractivity contribution in [2.45, 2.75) is 109 Å². The Labute approximate surface area is 183 Å². The van der Waals surface area contributed by atoms with E-state index in [2.05, 4.69) is 24.4 Å². The van der Waals surface area contributed by atoms with Gasteiger partial charge in [-0.25, -0.2) is 0 Å². The second-order valence-electron chi connectivity index (χ2n) is 8.09. The van der Waals surface area contributed by atoms with Crippen molar-refractivity contribution in [2.24, 2.45) is 0 Å². The van der Waals surface area contributed by atoms with Crippen LogP contribution in [0.3, 0.4) is 0 Å². The zero-order valence-electron chi connectivity index (χ0n) is 20.1. The second kappa shape index (κ2) is 22.5. The third-order valence-electron chi connectivity index (χ3n) is 5.63. The second-order valence-corrected chi connectivity index (χ2v) is 11.2. The van der Waals surface area contributed by atoms with Gasteiger partial charge in [-0.15, -0.1) is 0 Å². The molecular weight excluding hydrogens is 378 g/mol. The maximum absolute atomic E-state index is 5.44. The molecule has 0 aromatic rings. The summed E-state index contributed by atoms with van der Waals surface area (Å²) in [6.45, 7) is 4.40. The fourth-order valence-electron chi connectivity index (χ4n) is 3.61. The molecule has 29 heavy (non-hydrogen) atoms. The van der Waals surface area contributed by atoms with Gasteiger partial charge in [-0.05, 0) is 51.6 Å². The molecule has 0 aliphatic rings. The highest BCUT2D eigenvalue weighted by Crippen LogP contribution is 2.14. The quantitative estimate of drug-likeness (QED) is 0.109. The zero-order chi connectivity index (χ0) is 21.5. The molecule has 0 aromatic heterocycles. The fourth-order valence-corrected chi connectivity index (χ4v) is 5.33. The molecule has 0 saturated carbocycles. The first kappa shape index (κ1) is 28.8. The van der Waals surface area contributed by atoms with Crippen molar-refractivity contribution in [3.63, 3.8) is 0 Å². The molecule has 0 atom stereocenters. The lowest BCUT2D eigenvalue weighted by Gasteiger charge is -2.24. The number of hydrogen-bond acceptors (Lipinski definition) is 4. The Bertz CT molecular complexity index is 341. The molecule has 4 nitrogen and oxygen atoms in total. The van der Waals surface area contributed by atoms with Crippen LogP contribution in [0.5, 0.6) is 0 Å². The summed E-state index contributed by atoms with van der Waals surface area (Å²) in [5.74, 6) is 0. The van der Waals surface area contributed by atoms with Gasteiger partial charge in [0.25, 0.3) is 0 Å². The predicted octanol–water partition coefficient (Wildman–Crippen LogP) is 6.88. The van der Waals surface area contributed by atoms with E-state index in [4.69, 9.17) is 13.3 Å². The third-order valence-corrected chi connectivity index (χ3v) is 8.47. The van der Waals surface area contributed by atoms with E-state index in [-0.39, 0.29) is 0 Å². The van der Waals surface area contributed by atoms with E-state index in [1.807, 2.05) is 0 Å². The number of allylic oxidation sites excluding steroid dienone is 2. The van der Waals surface area contributed by atoms with Crippen molar-refractivity contribution in [3.8, 4) is 0 Å². The van der Waals surface area contributed by atoms with E-state index in [0.717, 1.165) is 25.6 Å². The minimum atomic E-state index is -2.38. The molecule has 0 rings (SSSR count). The number of unbranched alkanes of at least 4 members (excludes halogenated alkanes) is 12. The Morgan fingerprint density at radius 2 is 1.03 bits per heavy atom. The molecule has 5 heteroatoms. The lowest BCUT2D eigenvalue weighted by molar-refractivity contribution is 0.123. The summed E-state index contributed by atoms with van der Waals surface area (Å²) >= 11 is 0. The standard InChI is InChI=1S/C24H51NO3Si/c1-5-6-7-8-9-10-11-12-13-14-15-16-17-18-19-20-22-25-23-21-24-29(26-2,27-3)28-4/h12-13,25H,5-11,14-24H2,1-4H3. The minimum absolute atomic E-state index is 0.872. The first-order valence-electron chi connectivity index (χ1n) is 12.3. The highest BCUT2D eigenvalue weighted by molar-refractivity contribution is 6.60. The third kappa shape index (κ3) is 18.3. The van der Waals surface area contributed by atoms with Crippen LogP contribution >= 0.6 is 0 Å². The summed E-state index contributed by atoms with van der Waals surface area (Å²) in [6.07, 6.45) is 24.9. The summed E-state index contributed by atoms with van der Waals surface area (Å²) in [5, 5.41) is 3.53. The Balaban J connectivity index is 3.25. The number of rotatable bonds is 23. The molecule has 0 fully saturated rings. The largest absolute Gasteiger partial charge is 0.500 e. The maximum atomic E-state index is 5.44. The normalized spacial score (nSPS) is 12.3. The molecule has 0 unspecified atom stereocenters. The van der Waals surface area contributed by atoms with Crippen LogP contribution in [-0.4, -0.2) is 43.2 Å². The van der Waals surface area contributed by atoms with E-state index >= 15 is 0 Å². The zero-order valence-corrected chi connectivity index (χ0v) is 21.1. The van der Waals surface area contributed by atoms with Crippen LogP contribution in [0.4, 0.5) is 0 Å². The van der Waals surface area contributed by atoms with Crippen molar-refractivity contribution in [1.29, 1.82) is 0 Å². The first-order chi connectivity index (χ1) is 14.2. The van der Waals surface area contributed by atoms with Gasteiger partial charge >= 0.3 is 8.80 Å². The van der Waals surface area contributed by atoms with Crippen molar-refractivity contribution in [3.05, 3.63) is 12.2 Å². The van der Waals surface area contributed by atoms with Crippen LogP contribution in [0.15, 0.2) is 12.2 Å². The van der Waals surface area contributed by atoms with Crippen LogP contribution in [0.1, 0.15) is 103 Å². The van der Waals surface area contributed by atoms with E-state index in [1.54, 1.807) is 21.3 Å². The Morgan fingerprint density at radius 1 is 0.586 bits per heavy atom. The summed E-state index contributed by atoms with van der Waals surface area (Å²) in [5.41, 5.74) is 0. The number of hydrogen-bond donors (Lipinski definition) is 1. The van der Waals surface area contributed by atoms with E-state index in [1.165, 1.54) is 89.9 Å². The van der Waals surface area contributed by atoms with Crippen LogP contribution in [0.25, 0.3) is 0 Å². The van der Waals surface area contributed by atoms with Gasteiger partial charge in [0.05, 0.1) is 0 Å². The van der Waals surface area contributed by atoms with Gasteiger partial charge in [0.1, 0.15) is 0 Å². The average Bonchev–Trinajstić information content (AvgIpc) is 2.75. The highest BCUT2D eigenvalue weighted by atomic mass is 28.4. The van der Waals surface area contributed by atoms with Gasteiger partial charge in [-0.3, -0.25) is 0 Å². The Hall–Kier alpha value is -0.203. The van der Waals surface area contributed by atoms with E-state index in [0.29, 0.717) is 0 Å². The summed E-state index contributed by atoms with van der Waals surface area (Å²) in [7, 11) is 2.66. The Kier molecular flexibility index (Phi) is 22.3. The van der Waals surface area contributed by atoms with Gasteiger partial charge in [-0.2, -0.15) is 0 Å². The monoisotopic (exact) mass is 429 g/mol. The van der Waals surface area contributed by atoms with Crippen LogP contribution in [0.2, 0.25) is 6.04 Å². The van der Waals surface area contributed by atoms with Gasteiger partial charge in [0.2, 0.25) is 0 Å². The summed E-state index contributed by atoms with van der Waals surface area (Å²) in [6, 6.07) is 0.872. The van der Waals surface area contributed by atoms with Crippen LogP contribution in [-0.2, 0) is 13.3 Å². The predicted molar refractivity (Wildman–Crippen MR) is 129 cm³/mol. The molecule has 1 N–H and O–H groups in total. The van der Waals surface area contributed by atoms with Gasteiger partial charge in [0, 0.05) is 27.4 Å². The first-order valence-corrected chi connectivity index (χ1v) is 14.2. The molecule has 0 amide bonds. The van der Waals surface area contributed by atoms with Gasteiger partial charge in [0.15, 0.2) is 0 Å². The van der Waals surface area contributed by atoms with Crippen LogP contribution in [0, 0.1) is 0 Å². The fraction of sp³-hybridized carbons (Fsp3) is 0.917. The lowest BCUT2D eigenvalue weighted by atomic mass is 10.1. The molecule has 0 aromatic carbocycles.